The monoisotopic (exact) mass is 399 g/mol. The molecule has 3 aromatic rings. The summed E-state index contributed by atoms with van der Waals surface area (Å²) in [6.07, 6.45) is 3.50. The van der Waals surface area contributed by atoms with Crippen LogP contribution >= 0.6 is 11.6 Å². The molecule has 144 valence electrons. The van der Waals surface area contributed by atoms with Crippen molar-refractivity contribution in [3.63, 3.8) is 0 Å². The first-order valence-electron chi connectivity index (χ1n) is 8.75. The molecule has 1 aromatic heterocycles. The van der Waals surface area contributed by atoms with Gasteiger partial charge < -0.3 is 9.88 Å². The Balaban J connectivity index is 1.69. The zero-order valence-electron chi connectivity index (χ0n) is 15.2. The van der Waals surface area contributed by atoms with E-state index in [1.54, 1.807) is 53.4 Å². The van der Waals surface area contributed by atoms with Crippen molar-refractivity contribution < 1.29 is 14.0 Å². The van der Waals surface area contributed by atoms with E-state index in [4.69, 9.17) is 11.6 Å². The SMILES string of the molecule is Cn1ccnc1[C@@H](NC(=O)CCC(=O)c1ccc(Cl)cc1)c1ccc(F)cc1. The van der Waals surface area contributed by atoms with E-state index in [1.165, 1.54) is 12.1 Å². The molecule has 1 amide bonds. The molecule has 28 heavy (non-hydrogen) atoms. The van der Waals surface area contributed by atoms with Crippen molar-refractivity contribution in [3.05, 3.63) is 88.7 Å². The van der Waals surface area contributed by atoms with Gasteiger partial charge in [-0.2, -0.15) is 0 Å². The van der Waals surface area contributed by atoms with Crippen molar-refractivity contribution in [3.8, 4) is 0 Å². The fourth-order valence-electron chi connectivity index (χ4n) is 2.85. The van der Waals surface area contributed by atoms with E-state index < -0.39 is 6.04 Å². The minimum absolute atomic E-state index is 0.0313. The van der Waals surface area contributed by atoms with Gasteiger partial charge in [-0.1, -0.05) is 23.7 Å². The van der Waals surface area contributed by atoms with E-state index in [2.05, 4.69) is 10.3 Å². The summed E-state index contributed by atoms with van der Waals surface area (Å²) in [4.78, 5) is 29.0. The first-order valence-corrected chi connectivity index (χ1v) is 9.12. The zero-order chi connectivity index (χ0) is 20.1. The molecule has 1 heterocycles. The number of Topliss-reactive ketones (excluding diaryl/α,β-unsaturated/α-hetero) is 1. The Morgan fingerprint density at radius 1 is 1.11 bits per heavy atom. The Labute approximate surface area is 167 Å². The normalized spacial score (nSPS) is 11.8. The molecule has 0 unspecified atom stereocenters. The van der Waals surface area contributed by atoms with Gasteiger partial charge in [-0.05, 0) is 42.0 Å². The number of aromatic nitrogens is 2. The number of imidazole rings is 1. The number of nitrogens with one attached hydrogen (secondary N) is 1. The first-order chi connectivity index (χ1) is 13.4. The predicted molar refractivity (Wildman–Crippen MR) is 105 cm³/mol. The Kier molecular flexibility index (Phi) is 6.21. The highest BCUT2D eigenvalue weighted by Gasteiger charge is 2.21. The number of benzene rings is 2. The molecule has 0 fully saturated rings. The Hall–Kier alpha value is -2.99. The minimum Gasteiger partial charge on any atom is -0.342 e. The fraction of sp³-hybridized carbons (Fsp3) is 0.190. The van der Waals surface area contributed by atoms with E-state index in [0.717, 1.165) is 0 Å². The maximum Gasteiger partial charge on any atom is 0.221 e. The Morgan fingerprint density at radius 3 is 2.39 bits per heavy atom. The van der Waals surface area contributed by atoms with Gasteiger partial charge >= 0.3 is 0 Å². The maximum absolute atomic E-state index is 13.3. The molecular weight excluding hydrogens is 381 g/mol. The summed E-state index contributed by atoms with van der Waals surface area (Å²) in [7, 11) is 1.81. The lowest BCUT2D eigenvalue weighted by molar-refractivity contribution is -0.121. The number of aryl methyl sites for hydroxylation is 1. The molecule has 0 radical (unpaired) electrons. The summed E-state index contributed by atoms with van der Waals surface area (Å²) in [6.45, 7) is 0. The molecule has 5 nitrogen and oxygen atoms in total. The Morgan fingerprint density at radius 2 is 1.79 bits per heavy atom. The lowest BCUT2D eigenvalue weighted by Crippen LogP contribution is -2.31. The molecule has 0 spiro atoms. The molecule has 7 heteroatoms. The summed E-state index contributed by atoms with van der Waals surface area (Å²) < 4.78 is 15.1. The van der Waals surface area contributed by atoms with Crippen molar-refractivity contribution in [1.82, 2.24) is 14.9 Å². The van der Waals surface area contributed by atoms with E-state index in [1.807, 2.05) is 7.05 Å². The second-order valence-corrected chi connectivity index (χ2v) is 6.81. The third-order valence-electron chi connectivity index (χ3n) is 4.37. The summed E-state index contributed by atoms with van der Waals surface area (Å²) in [5, 5.41) is 3.44. The highest BCUT2D eigenvalue weighted by atomic mass is 35.5. The number of hydrogen-bond acceptors (Lipinski definition) is 3. The summed E-state index contributed by atoms with van der Waals surface area (Å²) in [6, 6.07) is 11.9. The number of ketones is 1. The van der Waals surface area contributed by atoms with E-state index >= 15 is 0 Å². The standard InChI is InChI=1S/C21H19ClFN3O2/c1-26-13-12-24-21(26)20(15-4-8-17(23)9-5-15)25-19(28)11-10-18(27)14-2-6-16(22)7-3-14/h2-9,12-13,20H,10-11H2,1H3,(H,25,28)/t20-/m0/s1. The van der Waals surface area contributed by atoms with E-state index in [9.17, 15) is 14.0 Å². The largest absolute Gasteiger partial charge is 0.342 e. The average molecular weight is 400 g/mol. The zero-order valence-corrected chi connectivity index (χ0v) is 16.0. The second kappa shape index (κ2) is 8.80. The molecule has 1 atom stereocenters. The van der Waals surface area contributed by atoms with Gasteiger partial charge in [0.25, 0.3) is 0 Å². The van der Waals surface area contributed by atoms with Crippen molar-refractivity contribution in [2.24, 2.45) is 7.05 Å². The maximum atomic E-state index is 13.3. The van der Waals surface area contributed by atoms with Crippen LogP contribution in [0.5, 0.6) is 0 Å². The van der Waals surface area contributed by atoms with Gasteiger partial charge in [0.1, 0.15) is 17.7 Å². The van der Waals surface area contributed by atoms with Gasteiger partial charge in [0.15, 0.2) is 5.78 Å². The summed E-state index contributed by atoms with van der Waals surface area (Å²) in [5.41, 5.74) is 1.21. The lowest BCUT2D eigenvalue weighted by atomic mass is 10.0. The first kappa shape index (κ1) is 19.8. The smallest absolute Gasteiger partial charge is 0.221 e. The molecule has 0 aliphatic rings. The van der Waals surface area contributed by atoms with Crippen LogP contribution in [0.3, 0.4) is 0 Å². The van der Waals surface area contributed by atoms with Crippen molar-refractivity contribution in [2.45, 2.75) is 18.9 Å². The highest BCUT2D eigenvalue weighted by molar-refractivity contribution is 6.30. The van der Waals surface area contributed by atoms with Gasteiger partial charge in [-0.3, -0.25) is 9.59 Å². The van der Waals surface area contributed by atoms with Crippen LogP contribution in [0.25, 0.3) is 0 Å². The second-order valence-electron chi connectivity index (χ2n) is 6.38. The molecule has 1 N–H and O–H groups in total. The van der Waals surface area contributed by atoms with Gasteiger partial charge in [0, 0.05) is 42.9 Å². The fourth-order valence-corrected chi connectivity index (χ4v) is 2.97. The van der Waals surface area contributed by atoms with Crippen LogP contribution in [0.2, 0.25) is 5.02 Å². The minimum atomic E-state index is -0.543. The number of hydrogen-bond donors (Lipinski definition) is 1. The van der Waals surface area contributed by atoms with Crippen LogP contribution in [0.15, 0.2) is 60.9 Å². The van der Waals surface area contributed by atoms with Gasteiger partial charge in [0.05, 0.1) is 0 Å². The van der Waals surface area contributed by atoms with Gasteiger partial charge in [-0.25, -0.2) is 9.37 Å². The third-order valence-corrected chi connectivity index (χ3v) is 4.62. The van der Waals surface area contributed by atoms with Crippen LogP contribution in [0, 0.1) is 5.82 Å². The molecule has 2 aromatic carbocycles. The van der Waals surface area contributed by atoms with E-state index in [0.29, 0.717) is 22.0 Å². The van der Waals surface area contributed by atoms with Crippen LogP contribution in [0.1, 0.15) is 40.6 Å². The van der Waals surface area contributed by atoms with Crippen LogP contribution < -0.4 is 5.32 Å². The molecule has 0 saturated carbocycles. The Bertz CT molecular complexity index is 968. The molecule has 0 bridgehead atoms. The topological polar surface area (TPSA) is 64.0 Å². The van der Waals surface area contributed by atoms with Crippen LogP contribution in [0.4, 0.5) is 4.39 Å². The average Bonchev–Trinajstić information content (AvgIpc) is 3.11. The molecule has 3 rings (SSSR count). The van der Waals surface area contributed by atoms with Crippen molar-refractivity contribution >= 4 is 23.3 Å². The number of carbonyl (C=O) groups excluding carboxylic acids is 2. The highest BCUT2D eigenvalue weighted by Crippen LogP contribution is 2.21. The summed E-state index contributed by atoms with van der Waals surface area (Å²) >= 11 is 5.82. The molecular formula is C21H19ClFN3O2. The third kappa shape index (κ3) is 4.84. The van der Waals surface area contributed by atoms with Crippen molar-refractivity contribution in [2.75, 3.05) is 0 Å². The number of rotatable bonds is 7. The lowest BCUT2D eigenvalue weighted by Gasteiger charge is -2.19. The van der Waals surface area contributed by atoms with Crippen LogP contribution in [-0.2, 0) is 11.8 Å². The van der Waals surface area contributed by atoms with Crippen molar-refractivity contribution in [1.29, 1.82) is 0 Å². The van der Waals surface area contributed by atoms with E-state index in [-0.39, 0.29) is 30.3 Å². The number of nitrogens with zero attached hydrogens (tertiary/aromatic N) is 2. The predicted octanol–water partition coefficient (Wildman–Crippen LogP) is 4.08. The van der Waals surface area contributed by atoms with Crippen LogP contribution in [-0.4, -0.2) is 21.2 Å². The summed E-state index contributed by atoms with van der Waals surface area (Å²) in [5.74, 6) is -0.173. The van der Waals surface area contributed by atoms with Gasteiger partial charge in [-0.15, -0.1) is 0 Å². The molecule has 0 aliphatic heterocycles. The number of amides is 1. The van der Waals surface area contributed by atoms with Gasteiger partial charge in [0.2, 0.25) is 5.91 Å². The number of halogens is 2. The molecule has 0 aliphatic carbocycles. The number of carbonyl (C=O) groups is 2. The molecule has 0 saturated heterocycles. The quantitative estimate of drug-likeness (QED) is 0.609.